The summed E-state index contributed by atoms with van der Waals surface area (Å²) in [6.45, 7) is 3.22. The van der Waals surface area contributed by atoms with E-state index in [1.54, 1.807) is 19.2 Å². The molecule has 10 nitrogen and oxygen atoms in total. The number of carbonyl (C=O) groups excluding carboxylic acids is 5. The zero-order valence-corrected chi connectivity index (χ0v) is 24.8. The van der Waals surface area contributed by atoms with Crippen molar-refractivity contribution in [2.75, 3.05) is 11.9 Å². The van der Waals surface area contributed by atoms with Crippen molar-refractivity contribution in [2.24, 2.45) is 17.8 Å². The number of halogens is 1. The molecule has 1 aromatic rings. The average molecular weight is 654 g/mol. The zero-order valence-electron chi connectivity index (χ0n) is 22.6. The molecule has 214 valence electrons. The Hall–Kier alpha value is -2.57. The maximum absolute atomic E-state index is 13.3. The number of nitrogens with zero attached hydrogens (tertiary/aromatic N) is 1. The van der Waals surface area contributed by atoms with Gasteiger partial charge in [-0.1, -0.05) is 0 Å². The third kappa shape index (κ3) is 6.96. The molecule has 5 atom stereocenters. The molecule has 4 saturated carbocycles. The number of amides is 3. The number of anilines is 1. The van der Waals surface area contributed by atoms with Crippen molar-refractivity contribution in [2.45, 2.75) is 87.6 Å². The molecule has 11 heteroatoms. The Morgan fingerprint density at radius 2 is 1.97 bits per heavy atom. The van der Waals surface area contributed by atoms with E-state index < -0.39 is 56.3 Å². The monoisotopic (exact) mass is 653 g/mol. The number of hydrogen-bond donors (Lipinski definition) is 3. The van der Waals surface area contributed by atoms with Gasteiger partial charge >= 0.3 is 216 Å². The molecule has 0 radical (unpaired) electrons. The number of pyridine rings is 1. The fourth-order valence-corrected chi connectivity index (χ4v) is 11.2. The van der Waals surface area contributed by atoms with E-state index in [0.717, 1.165) is 18.3 Å². The standard InChI is InChI=1S/C28H38IN4O6/c1-3-30-26(38)23(35)11-10-21(31-17(2)34)25(37)32-22-7-5-13-33(27(22)39)16-24(36)29-28-12-4-6-19-14-18(15-28)8-9-20(19)28/h5,7,13,18-21H,3-4,6,8-12,14-16H2,1-2H3,(H,30,38)(H,31,34)(H,32,37)/q-1/t18?,19?,20?,21-,28?/m0/s1. The summed E-state index contributed by atoms with van der Waals surface area (Å²) in [5.74, 6) is -0.411. The third-order valence-corrected chi connectivity index (χ3v) is 12.2. The van der Waals surface area contributed by atoms with Crippen molar-refractivity contribution in [1.29, 1.82) is 0 Å². The second-order valence-electron chi connectivity index (χ2n) is 11.0. The maximum atomic E-state index is 13.3. The van der Waals surface area contributed by atoms with Crippen LogP contribution in [0.3, 0.4) is 0 Å². The first-order valence-corrected chi connectivity index (χ1v) is 16.0. The fraction of sp³-hybridized carbons (Fsp3) is 0.643. The summed E-state index contributed by atoms with van der Waals surface area (Å²) < 4.78 is 1.68. The molecule has 4 unspecified atom stereocenters. The summed E-state index contributed by atoms with van der Waals surface area (Å²) in [6, 6.07) is 1.94. The molecule has 0 aliphatic heterocycles. The van der Waals surface area contributed by atoms with Gasteiger partial charge in [0.25, 0.3) is 0 Å². The van der Waals surface area contributed by atoms with E-state index in [4.69, 9.17) is 0 Å². The van der Waals surface area contributed by atoms with Gasteiger partial charge in [-0.2, -0.15) is 0 Å². The molecule has 4 bridgehead atoms. The van der Waals surface area contributed by atoms with Crippen molar-refractivity contribution in [1.82, 2.24) is 15.2 Å². The quantitative estimate of drug-likeness (QED) is 0.111. The van der Waals surface area contributed by atoms with Crippen molar-refractivity contribution in [3.8, 4) is 0 Å². The number of likely N-dealkylation sites (N-methyl/N-ethyl adjacent to an activating group) is 1. The molecule has 0 aromatic carbocycles. The van der Waals surface area contributed by atoms with E-state index in [-0.39, 0.29) is 32.3 Å². The zero-order chi connectivity index (χ0) is 28.2. The Kier molecular flexibility index (Phi) is 9.60. The summed E-state index contributed by atoms with van der Waals surface area (Å²) >= 11 is -0.743. The number of fused-ring (bicyclic) bond motifs is 1. The minimum absolute atomic E-state index is 0.00417. The van der Waals surface area contributed by atoms with Gasteiger partial charge < -0.3 is 5.32 Å². The molecule has 0 spiro atoms. The van der Waals surface area contributed by atoms with Gasteiger partial charge in [-0.15, -0.1) is 0 Å². The molecule has 1 aromatic heterocycles. The number of rotatable bonds is 12. The van der Waals surface area contributed by atoms with E-state index in [1.165, 1.54) is 56.1 Å². The number of alkyl halides is 1. The van der Waals surface area contributed by atoms with Gasteiger partial charge in [0.2, 0.25) is 0 Å². The molecule has 4 fully saturated rings. The summed E-state index contributed by atoms with van der Waals surface area (Å²) in [5, 5.41) is 7.43. The third-order valence-electron chi connectivity index (χ3n) is 8.36. The van der Waals surface area contributed by atoms with Crippen LogP contribution in [-0.2, 0) is 30.5 Å². The molecule has 3 amide bonds. The van der Waals surface area contributed by atoms with Gasteiger partial charge in [-0.3, -0.25) is 4.79 Å². The summed E-state index contributed by atoms with van der Waals surface area (Å²) in [4.78, 5) is 74.8. The van der Waals surface area contributed by atoms with Crippen LogP contribution in [-0.4, -0.2) is 47.9 Å². The second kappa shape index (κ2) is 12.7. The van der Waals surface area contributed by atoms with E-state index in [9.17, 15) is 28.8 Å². The Morgan fingerprint density at radius 1 is 1.18 bits per heavy atom. The normalized spacial score (nSPS) is 25.9. The average Bonchev–Trinajstić information content (AvgIpc) is 2.88. The first-order valence-electron chi connectivity index (χ1n) is 13.9. The van der Waals surface area contributed by atoms with Crippen molar-refractivity contribution >= 4 is 33.0 Å². The molecule has 3 N–H and O–H groups in total. The van der Waals surface area contributed by atoms with Gasteiger partial charge in [0.15, 0.2) is 0 Å². The first kappa shape index (κ1) is 29.4. The molecule has 1 heterocycles. The van der Waals surface area contributed by atoms with Crippen LogP contribution in [0.4, 0.5) is 5.69 Å². The Balaban J connectivity index is 1.40. The van der Waals surface area contributed by atoms with Crippen LogP contribution in [0.2, 0.25) is 0 Å². The van der Waals surface area contributed by atoms with E-state index in [1.807, 2.05) is 0 Å². The predicted molar refractivity (Wildman–Crippen MR) is 140 cm³/mol. The van der Waals surface area contributed by atoms with Crippen molar-refractivity contribution < 1.29 is 45.2 Å². The van der Waals surface area contributed by atoms with Crippen LogP contribution in [0, 0.1) is 17.8 Å². The van der Waals surface area contributed by atoms with Crippen LogP contribution >= 0.6 is 0 Å². The summed E-state index contributed by atoms with van der Waals surface area (Å²) in [6.07, 6.45) is 9.88. The van der Waals surface area contributed by atoms with E-state index in [2.05, 4.69) is 16.0 Å². The minimum atomic E-state index is -1.11. The molecule has 39 heavy (non-hydrogen) atoms. The van der Waals surface area contributed by atoms with Gasteiger partial charge in [0.1, 0.15) is 0 Å². The fourth-order valence-electron chi connectivity index (χ4n) is 6.79. The van der Waals surface area contributed by atoms with Crippen molar-refractivity contribution in [3.05, 3.63) is 28.7 Å². The van der Waals surface area contributed by atoms with E-state index in [0.29, 0.717) is 12.5 Å². The van der Waals surface area contributed by atoms with Crippen LogP contribution in [0.1, 0.15) is 71.6 Å². The number of Topliss-reactive ketones (excluding diaryl/α,β-unsaturated/α-hetero) is 1. The van der Waals surface area contributed by atoms with E-state index >= 15 is 0 Å². The van der Waals surface area contributed by atoms with Crippen molar-refractivity contribution in [3.63, 3.8) is 0 Å². The molecule has 4 aliphatic rings. The number of ketones is 1. The molecular weight excluding hydrogens is 615 g/mol. The number of aromatic nitrogens is 1. The Labute approximate surface area is 238 Å². The summed E-state index contributed by atoms with van der Waals surface area (Å²) in [7, 11) is 0. The van der Waals surface area contributed by atoms with Gasteiger partial charge in [0.05, 0.1) is 0 Å². The van der Waals surface area contributed by atoms with Crippen LogP contribution in [0.5, 0.6) is 0 Å². The number of carbonyl (C=O) groups is 5. The Morgan fingerprint density at radius 3 is 2.69 bits per heavy atom. The first-order chi connectivity index (χ1) is 18.6. The predicted octanol–water partition coefficient (Wildman–Crippen LogP) is -1.25. The number of nitrogens with one attached hydrogen (secondary N) is 3. The van der Waals surface area contributed by atoms with Gasteiger partial charge in [-0.25, -0.2) is 0 Å². The topological polar surface area (TPSA) is 143 Å². The van der Waals surface area contributed by atoms with Crippen LogP contribution < -0.4 is 42.7 Å². The van der Waals surface area contributed by atoms with Gasteiger partial charge in [-0.05, 0) is 6.92 Å². The molecular formula is C28H38IN4O6-. The molecule has 0 saturated heterocycles. The summed E-state index contributed by atoms with van der Waals surface area (Å²) in [5.41, 5.74) is -0.501. The number of hydrogen-bond acceptors (Lipinski definition) is 6. The van der Waals surface area contributed by atoms with Gasteiger partial charge in [0, 0.05) is 6.54 Å². The molecule has 5 rings (SSSR count). The second-order valence-corrected chi connectivity index (χ2v) is 14.9. The SMILES string of the molecule is CCNC(=O)C(=O)CC[C@H](NC(C)=O)C(=O)Nc1cccn(CC(=O)[I-]C23CCCC4CC(CCC42)C3)c1=O. The molecule has 4 aliphatic carbocycles. The Bertz CT molecular complexity index is 1200. The van der Waals surface area contributed by atoms with Crippen LogP contribution in [0.25, 0.3) is 0 Å². The van der Waals surface area contributed by atoms with Crippen LogP contribution in [0.15, 0.2) is 23.1 Å².